The number of likely N-dealkylation sites (N-methyl/N-ethyl adjacent to an activating group) is 1. The summed E-state index contributed by atoms with van der Waals surface area (Å²) in [4.78, 5) is 38.9. The number of anilines is 1. The Balaban J connectivity index is 1.19. The van der Waals surface area contributed by atoms with Crippen molar-refractivity contribution in [1.82, 2.24) is 10.2 Å². The first-order valence-electron chi connectivity index (χ1n) is 12.0. The average molecular weight is 496 g/mol. The van der Waals surface area contributed by atoms with Crippen LogP contribution in [0.15, 0.2) is 36.4 Å². The van der Waals surface area contributed by atoms with Gasteiger partial charge in [0, 0.05) is 26.2 Å². The summed E-state index contributed by atoms with van der Waals surface area (Å²) in [6.07, 6.45) is 0.937. The summed E-state index contributed by atoms with van der Waals surface area (Å²) in [6, 6.07) is 10.4. The maximum Gasteiger partial charge on any atom is 0.257 e. The third kappa shape index (κ3) is 5.08. The Hall–Kier alpha value is -3.79. The zero-order valence-corrected chi connectivity index (χ0v) is 20.2. The first-order valence-corrected chi connectivity index (χ1v) is 12.0. The standard InChI is InChI=1S/C26H29N3O7/c1-15(30)28-17-4-8-21-19(10-17)26(32)29(2)20-6-5-18(36-24(20)13-33-21)11-25(31)27-12-16-3-7-22-23(9-16)35-14-34-22/h3-4,7-10,18,20,24H,5-6,11-14H2,1-2H3,(H,27,31)(H,28,30)/t18-,20-,24+/m0/s1. The van der Waals surface area contributed by atoms with E-state index < -0.39 is 0 Å². The molecule has 0 spiro atoms. The molecule has 3 heterocycles. The highest BCUT2D eigenvalue weighted by Crippen LogP contribution is 2.33. The van der Waals surface area contributed by atoms with Crippen LogP contribution in [0.5, 0.6) is 17.2 Å². The summed E-state index contributed by atoms with van der Waals surface area (Å²) in [6.45, 7) is 2.26. The van der Waals surface area contributed by atoms with Crippen molar-refractivity contribution in [1.29, 1.82) is 0 Å². The van der Waals surface area contributed by atoms with Gasteiger partial charge in [0.15, 0.2) is 11.5 Å². The van der Waals surface area contributed by atoms with Crippen LogP contribution < -0.4 is 24.8 Å². The molecule has 5 rings (SSSR count). The van der Waals surface area contributed by atoms with E-state index in [9.17, 15) is 14.4 Å². The van der Waals surface area contributed by atoms with Crippen molar-refractivity contribution in [2.24, 2.45) is 0 Å². The molecule has 2 aromatic rings. The van der Waals surface area contributed by atoms with Gasteiger partial charge in [-0.3, -0.25) is 14.4 Å². The SMILES string of the molecule is CC(=O)Nc1ccc2c(c1)C(=O)N(C)[C@H]1CC[C@@H](CC(=O)NCc3ccc4c(c3)OCO4)O[C@@H]1CO2. The lowest BCUT2D eigenvalue weighted by atomic mass is 9.94. The van der Waals surface area contributed by atoms with Crippen LogP contribution in [0.1, 0.15) is 42.1 Å². The molecule has 0 unspecified atom stereocenters. The highest BCUT2D eigenvalue weighted by Gasteiger charge is 2.39. The molecule has 3 amide bonds. The van der Waals surface area contributed by atoms with Crippen molar-refractivity contribution in [2.75, 3.05) is 25.8 Å². The fourth-order valence-electron chi connectivity index (χ4n) is 4.84. The number of nitrogens with one attached hydrogen (secondary N) is 2. The molecule has 1 saturated heterocycles. The molecule has 2 N–H and O–H groups in total. The van der Waals surface area contributed by atoms with Crippen molar-refractivity contribution in [3.63, 3.8) is 0 Å². The van der Waals surface area contributed by atoms with Crippen LogP contribution in [0.2, 0.25) is 0 Å². The van der Waals surface area contributed by atoms with E-state index in [2.05, 4.69) is 10.6 Å². The fourth-order valence-corrected chi connectivity index (χ4v) is 4.84. The third-order valence-electron chi connectivity index (χ3n) is 6.67. The van der Waals surface area contributed by atoms with Gasteiger partial charge in [0.05, 0.1) is 24.1 Å². The molecule has 0 bridgehead atoms. The van der Waals surface area contributed by atoms with Gasteiger partial charge in [0.25, 0.3) is 5.91 Å². The maximum absolute atomic E-state index is 13.2. The molecule has 1 fully saturated rings. The Morgan fingerprint density at radius 3 is 2.67 bits per heavy atom. The lowest BCUT2D eigenvalue weighted by molar-refractivity contribution is -0.134. The Labute approximate surface area is 208 Å². The highest BCUT2D eigenvalue weighted by atomic mass is 16.7. The maximum atomic E-state index is 13.2. The first kappa shape index (κ1) is 23.9. The second-order valence-corrected chi connectivity index (χ2v) is 9.23. The summed E-state index contributed by atoms with van der Waals surface area (Å²) in [5.74, 6) is 1.30. The molecule has 10 nitrogen and oxygen atoms in total. The molecular formula is C26H29N3O7. The van der Waals surface area contributed by atoms with Gasteiger partial charge in [-0.1, -0.05) is 6.07 Å². The van der Waals surface area contributed by atoms with E-state index in [1.807, 2.05) is 18.2 Å². The van der Waals surface area contributed by atoms with Crippen molar-refractivity contribution in [2.45, 2.75) is 51.0 Å². The highest BCUT2D eigenvalue weighted by molar-refractivity contribution is 5.99. The molecule has 0 aromatic heterocycles. The zero-order valence-electron chi connectivity index (χ0n) is 20.2. The molecule has 190 valence electrons. The zero-order chi connectivity index (χ0) is 25.2. The Kier molecular flexibility index (Phi) is 6.69. The third-order valence-corrected chi connectivity index (χ3v) is 6.67. The number of hydrogen-bond acceptors (Lipinski definition) is 7. The molecule has 0 saturated carbocycles. The van der Waals surface area contributed by atoms with Crippen LogP contribution in [0.4, 0.5) is 5.69 Å². The average Bonchev–Trinajstić information content (AvgIpc) is 3.33. The minimum absolute atomic E-state index is 0.108. The van der Waals surface area contributed by atoms with Gasteiger partial charge < -0.3 is 34.5 Å². The molecule has 0 aliphatic carbocycles. The topological polar surface area (TPSA) is 115 Å². The molecule has 3 atom stereocenters. The van der Waals surface area contributed by atoms with Crippen LogP contribution in [0.25, 0.3) is 0 Å². The minimum atomic E-state index is -0.359. The predicted octanol–water partition coefficient (Wildman–Crippen LogP) is 2.46. The van der Waals surface area contributed by atoms with E-state index in [4.69, 9.17) is 18.9 Å². The molecule has 0 radical (unpaired) electrons. The number of carbonyl (C=O) groups excluding carboxylic acids is 3. The van der Waals surface area contributed by atoms with Gasteiger partial charge in [0.1, 0.15) is 18.5 Å². The number of hydrogen-bond donors (Lipinski definition) is 2. The Morgan fingerprint density at radius 1 is 1.03 bits per heavy atom. The van der Waals surface area contributed by atoms with Crippen LogP contribution in [0.3, 0.4) is 0 Å². The van der Waals surface area contributed by atoms with Gasteiger partial charge in [0.2, 0.25) is 18.6 Å². The molecule has 10 heteroatoms. The van der Waals surface area contributed by atoms with E-state index in [0.29, 0.717) is 47.9 Å². The van der Waals surface area contributed by atoms with Crippen molar-refractivity contribution in [3.05, 3.63) is 47.5 Å². The molecule has 2 aromatic carbocycles. The van der Waals surface area contributed by atoms with Gasteiger partial charge in [-0.25, -0.2) is 0 Å². The summed E-state index contributed by atoms with van der Waals surface area (Å²) in [5, 5.41) is 5.64. The van der Waals surface area contributed by atoms with Gasteiger partial charge in [-0.05, 0) is 48.7 Å². The Bertz CT molecular complexity index is 1180. The number of benzene rings is 2. The second-order valence-electron chi connectivity index (χ2n) is 9.23. The number of ether oxygens (including phenoxy) is 4. The van der Waals surface area contributed by atoms with Gasteiger partial charge >= 0.3 is 0 Å². The quantitative estimate of drug-likeness (QED) is 0.655. The summed E-state index contributed by atoms with van der Waals surface area (Å²) >= 11 is 0. The van der Waals surface area contributed by atoms with Crippen LogP contribution in [-0.4, -0.2) is 61.3 Å². The van der Waals surface area contributed by atoms with Crippen LogP contribution in [0, 0.1) is 0 Å². The van der Waals surface area contributed by atoms with E-state index >= 15 is 0 Å². The molecular weight excluding hydrogens is 466 g/mol. The largest absolute Gasteiger partial charge is 0.490 e. The lowest BCUT2D eigenvalue weighted by Crippen LogP contribution is -2.53. The van der Waals surface area contributed by atoms with Crippen molar-refractivity contribution < 1.29 is 33.3 Å². The monoisotopic (exact) mass is 495 g/mol. The molecule has 3 aliphatic rings. The van der Waals surface area contributed by atoms with Crippen molar-refractivity contribution in [3.8, 4) is 17.2 Å². The van der Waals surface area contributed by atoms with Gasteiger partial charge in [-0.15, -0.1) is 0 Å². The smallest absolute Gasteiger partial charge is 0.257 e. The van der Waals surface area contributed by atoms with Crippen LogP contribution in [-0.2, 0) is 20.9 Å². The molecule has 3 aliphatic heterocycles. The summed E-state index contributed by atoms with van der Waals surface area (Å²) in [7, 11) is 1.75. The first-order chi connectivity index (χ1) is 17.4. The number of amides is 3. The number of nitrogens with zero attached hydrogens (tertiary/aromatic N) is 1. The van der Waals surface area contributed by atoms with E-state index in [-0.39, 0.29) is 55.8 Å². The number of rotatable bonds is 5. The summed E-state index contributed by atoms with van der Waals surface area (Å²) in [5.41, 5.74) is 1.86. The second kappa shape index (κ2) is 10.1. The normalized spacial score (nSPS) is 22.4. The lowest BCUT2D eigenvalue weighted by Gasteiger charge is -2.42. The number of fused-ring (bicyclic) bond motifs is 3. The van der Waals surface area contributed by atoms with Crippen LogP contribution >= 0.6 is 0 Å². The number of carbonyl (C=O) groups is 3. The molecule has 36 heavy (non-hydrogen) atoms. The summed E-state index contributed by atoms with van der Waals surface area (Å²) < 4.78 is 22.9. The van der Waals surface area contributed by atoms with E-state index in [1.54, 1.807) is 30.1 Å². The van der Waals surface area contributed by atoms with E-state index in [0.717, 1.165) is 5.56 Å². The predicted molar refractivity (Wildman–Crippen MR) is 129 cm³/mol. The van der Waals surface area contributed by atoms with Gasteiger partial charge in [-0.2, -0.15) is 0 Å². The van der Waals surface area contributed by atoms with E-state index in [1.165, 1.54) is 6.92 Å². The fraction of sp³-hybridized carbons (Fsp3) is 0.423. The Morgan fingerprint density at radius 2 is 1.83 bits per heavy atom. The minimum Gasteiger partial charge on any atom is -0.490 e. The van der Waals surface area contributed by atoms with Crippen molar-refractivity contribution >= 4 is 23.4 Å².